The summed E-state index contributed by atoms with van der Waals surface area (Å²) in [5.41, 5.74) is 1.82. The fraction of sp³-hybridized carbons (Fsp3) is 0.158. The van der Waals surface area contributed by atoms with Crippen molar-refractivity contribution >= 4 is 28.5 Å². The molecule has 0 N–H and O–H groups in total. The molecule has 0 radical (unpaired) electrons. The van der Waals surface area contributed by atoms with Crippen LogP contribution in [-0.2, 0) is 11.8 Å². The van der Waals surface area contributed by atoms with Gasteiger partial charge in [0.25, 0.3) is 5.56 Å². The lowest BCUT2D eigenvalue weighted by molar-refractivity contribution is -0.135. The molecule has 0 spiro atoms. The second kappa shape index (κ2) is 5.49. The van der Waals surface area contributed by atoms with Crippen LogP contribution in [0, 0.1) is 0 Å². The first-order chi connectivity index (χ1) is 11.6. The lowest BCUT2D eigenvalue weighted by Crippen LogP contribution is -2.31. The molecular weight excluding hydrogens is 326 g/mol. The van der Waals surface area contributed by atoms with Crippen molar-refractivity contribution in [3.63, 3.8) is 0 Å². The maximum absolute atomic E-state index is 13.0. The first-order valence-electron chi connectivity index (χ1n) is 7.64. The lowest BCUT2D eigenvalue weighted by Gasteiger charge is -2.26. The molecule has 0 saturated heterocycles. The van der Waals surface area contributed by atoms with Crippen molar-refractivity contribution in [2.45, 2.75) is 12.3 Å². The molecule has 1 aliphatic rings. The highest BCUT2D eigenvalue weighted by atomic mass is 35.5. The summed E-state index contributed by atoms with van der Waals surface area (Å²) in [6, 6.07) is 14.7. The molecule has 0 fully saturated rings. The van der Waals surface area contributed by atoms with Crippen molar-refractivity contribution in [3.8, 4) is 5.75 Å². The standard InChI is InChI=1S/C19H14ClNO3/c1-21-15-9-5-3-7-12(15)18-17(19(21)23)13(10-16(22)24-18)11-6-2-4-8-14(11)20/h2-9,13H,10H2,1H3. The van der Waals surface area contributed by atoms with Crippen LogP contribution in [0.3, 0.4) is 0 Å². The van der Waals surface area contributed by atoms with Crippen molar-refractivity contribution < 1.29 is 9.53 Å². The van der Waals surface area contributed by atoms with Gasteiger partial charge < -0.3 is 9.30 Å². The second-order valence-electron chi connectivity index (χ2n) is 5.88. The fourth-order valence-electron chi connectivity index (χ4n) is 3.36. The maximum atomic E-state index is 13.0. The largest absolute Gasteiger partial charge is 0.425 e. The van der Waals surface area contributed by atoms with Crippen molar-refractivity contribution in [2.75, 3.05) is 0 Å². The van der Waals surface area contributed by atoms with Gasteiger partial charge in [0.1, 0.15) is 5.75 Å². The van der Waals surface area contributed by atoms with Crippen LogP contribution >= 0.6 is 11.6 Å². The third-order valence-corrected chi connectivity index (χ3v) is 4.85. The van der Waals surface area contributed by atoms with Crippen molar-refractivity contribution in [2.24, 2.45) is 7.05 Å². The molecule has 2 heterocycles. The van der Waals surface area contributed by atoms with Crippen LogP contribution < -0.4 is 10.3 Å². The van der Waals surface area contributed by atoms with Crippen LogP contribution in [0.25, 0.3) is 10.9 Å². The third kappa shape index (κ3) is 2.14. The Morgan fingerprint density at radius 1 is 1.08 bits per heavy atom. The minimum absolute atomic E-state index is 0.102. The van der Waals surface area contributed by atoms with E-state index in [1.165, 1.54) is 0 Å². The molecular formula is C19H14ClNO3. The molecule has 0 bridgehead atoms. The zero-order chi connectivity index (χ0) is 16.8. The fourth-order valence-corrected chi connectivity index (χ4v) is 3.62. The van der Waals surface area contributed by atoms with Gasteiger partial charge in [-0.25, -0.2) is 0 Å². The normalized spacial score (nSPS) is 16.8. The Bertz CT molecular complexity index is 1040. The van der Waals surface area contributed by atoms with Crippen LogP contribution in [0.1, 0.15) is 23.5 Å². The van der Waals surface area contributed by atoms with Crippen molar-refractivity contribution in [1.82, 2.24) is 4.57 Å². The van der Waals surface area contributed by atoms with Gasteiger partial charge in [-0.15, -0.1) is 0 Å². The minimum atomic E-state index is -0.404. The number of carbonyl (C=O) groups excluding carboxylic acids is 1. The molecule has 120 valence electrons. The number of hydrogen-bond acceptors (Lipinski definition) is 3. The number of benzene rings is 2. The number of aromatic nitrogens is 1. The summed E-state index contributed by atoms with van der Waals surface area (Å²) in [7, 11) is 1.73. The smallest absolute Gasteiger partial charge is 0.312 e. The molecule has 0 amide bonds. The molecule has 1 unspecified atom stereocenters. The van der Waals surface area contributed by atoms with Crippen LogP contribution in [0.2, 0.25) is 5.02 Å². The van der Waals surface area contributed by atoms with Gasteiger partial charge in [-0.2, -0.15) is 0 Å². The van der Waals surface area contributed by atoms with Crippen LogP contribution in [0.5, 0.6) is 5.75 Å². The average Bonchev–Trinajstić information content (AvgIpc) is 2.59. The van der Waals surface area contributed by atoms with E-state index in [9.17, 15) is 9.59 Å². The minimum Gasteiger partial charge on any atom is -0.425 e. The Kier molecular flexibility index (Phi) is 3.43. The van der Waals surface area contributed by atoms with Crippen molar-refractivity contribution in [1.29, 1.82) is 0 Å². The van der Waals surface area contributed by atoms with E-state index in [4.69, 9.17) is 16.3 Å². The number of halogens is 1. The quantitative estimate of drug-likeness (QED) is 0.636. The van der Waals surface area contributed by atoms with Crippen molar-refractivity contribution in [3.05, 3.63) is 75.0 Å². The first-order valence-corrected chi connectivity index (χ1v) is 8.02. The number of esters is 1. The first kappa shape index (κ1) is 15.0. The summed E-state index contributed by atoms with van der Waals surface area (Å²) in [5.74, 6) is -0.404. The summed E-state index contributed by atoms with van der Waals surface area (Å²) < 4.78 is 7.07. The van der Waals surface area contributed by atoms with E-state index in [1.54, 1.807) is 17.7 Å². The highest BCUT2D eigenvalue weighted by Gasteiger charge is 2.34. The van der Waals surface area contributed by atoms with E-state index < -0.39 is 5.92 Å². The predicted molar refractivity (Wildman–Crippen MR) is 92.7 cm³/mol. The van der Waals surface area contributed by atoms with Gasteiger partial charge >= 0.3 is 5.97 Å². The molecule has 0 saturated carbocycles. The zero-order valence-corrected chi connectivity index (χ0v) is 13.7. The maximum Gasteiger partial charge on any atom is 0.312 e. The summed E-state index contributed by atoms with van der Waals surface area (Å²) in [5, 5.41) is 1.29. The van der Waals surface area contributed by atoms with Gasteiger partial charge in [-0.05, 0) is 23.8 Å². The Morgan fingerprint density at radius 3 is 2.58 bits per heavy atom. The number of rotatable bonds is 1. The third-order valence-electron chi connectivity index (χ3n) is 4.51. The summed E-state index contributed by atoms with van der Waals surface area (Å²) in [6.07, 6.45) is 0.102. The number of ether oxygens (including phenoxy) is 1. The topological polar surface area (TPSA) is 48.3 Å². The van der Waals surface area contributed by atoms with E-state index in [2.05, 4.69) is 0 Å². The number of para-hydroxylation sites is 1. The van der Waals surface area contributed by atoms with Crippen LogP contribution in [0.15, 0.2) is 53.3 Å². The second-order valence-corrected chi connectivity index (χ2v) is 6.28. The number of nitrogens with zero attached hydrogens (tertiary/aromatic N) is 1. The molecule has 1 atom stereocenters. The summed E-state index contributed by atoms with van der Waals surface area (Å²) in [6.45, 7) is 0. The van der Waals surface area contributed by atoms with Gasteiger partial charge in [0.2, 0.25) is 0 Å². The SMILES string of the molecule is Cn1c(=O)c2c(c3ccccc31)OC(=O)CC2c1ccccc1Cl. The van der Waals surface area contributed by atoms with Gasteiger partial charge in [0, 0.05) is 23.4 Å². The van der Waals surface area contributed by atoms with E-state index in [-0.39, 0.29) is 17.9 Å². The monoisotopic (exact) mass is 339 g/mol. The average molecular weight is 340 g/mol. The molecule has 5 heteroatoms. The number of carbonyl (C=O) groups is 1. The Morgan fingerprint density at radius 2 is 1.79 bits per heavy atom. The van der Waals surface area contributed by atoms with E-state index in [0.29, 0.717) is 16.3 Å². The van der Waals surface area contributed by atoms with E-state index in [1.807, 2.05) is 42.5 Å². The molecule has 1 aromatic heterocycles. The van der Waals surface area contributed by atoms with Crippen LogP contribution in [-0.4, -0.2) is 10.5 Å². The molecule has 3 aromatic rings. The molecule has 24 heavy (non-hydrogen) atoms. The number of aryl methyl sites for hydroxylation is 1. The summed E-state index contributed by atoms with van der Waals surface area (Å²) in [4.78, 5) is 25.1. The highest BCUT2D eigenvalue weighted by Crippen LogP contribution is 2.42. The molecule has 2 aromatic carbocycles. The number of fused-ring (bicyclic) bond motifs is 3. The van der Waals surface area contributed by atoms with E-state index in [0.717, 1.165) is 16.5 Å². The molecule has 4 rings (SSSR count). The number of pyridine rings is 1. The lowest BCUT2D eigenvalue weighted by atomic mass is 9.86. The van der Waals surface area contributed by atoms with Gasteiger partial charge in [-0.3, -0.25) is 9.59 Å². The van der Waals surface area contributed by atoms with Crippen LogP contribution in [0.4, 0.5) is 0 Å². The highest BCUT2D eigenvalue weighted by molar-refractivity contribution is 6.31. The van der Waals surface area contributed by atoms with E-state index >= 15 is 0 Å². The number of hydrogen-bond donors (Lipinski definition) is 0. The summed E-state index contributed by atoms with van der Waals surface area (Å²) >= 11 is 6.32. The predicted octanol–water partition coefficient (Wildman–Crippen LogP) is 3.63. The van der Waals surface area contributed by atoms with Gasteiger partial charge in [-0.1, -0.05) is 41.9 Å². The van der Waals surface area contributed by atoms with Gasteiger partial charge in [0.05, 0.1) is 17.5 Å². The zero-order valence-electron chi connectivity index (χ0n) is 13.0. The molecule has 4 nitrogen and oxygen atoms in total. The Balaban J connectivity index is 2.09. The van der Waals surface area contributed by atoms with Gasteiger partial charge in [0.15, 0.2) is 0 Å². The molecule has 1 aliphatic heterocycles. The Labute approximate surface area is 143 Å². The molecule has 0 aliphatic carbocycles. The Hall–Kier alpha value is -2.59.